The van der Waals surface area contributed by atoms with Gasteiger partial charge >= 0.3 is 11.8 Å². The Morgan fingerprint density at radius 3 is 2.31 bits per heavy atom. The minimum absolute atomic E-state index is 0.139. The number of carbonyl (C=O) groups is 3. The minimum Gasteiger partial charge on any atom is -0.497 e. The number of aromatic nitrogens is 2. The number of carbonyl (C=O) groups excluding carboxylic acids is 2. The molecule has 3 saturated heterocycles. The van der Waals surface area contributed by atoms with Crippen molar-refractivity contribution < 1.29 is 29.0 Å². The van der Waals surface area contributed by atoms with Gasteiger partial charge in [0.05, 0.1) is 36.5 Å². The first-order chi connectivity index (χ1) is 21.7. The molecule has 1 N–H and O–H groups in total. The third-order valence-electron chi connectivity index (χ3n) is 9.61. The van der Waals surface area contributed by atoms with Crippen molar-refractivity contribution in [3.05, 3.63) is 58.5 Å². The van der Waals surface area contributed by atoms with E-state index in [0.29, 0.717) is 36.9 Å². The maximum absolute atomic E-state index is 13.8. The van der Waals surface area contributed by atoms with Crippen LogP contribution in [0.1, 0.15) is 50.1 Å². The van der Waals surface area contributed by atoms with Crippen molar-refractivity contribution in [2.75, 3.05) is 44.8 Å². The van der Waals surface area contributed by atoms with E-state index in [1.54, 1.807) is 35.4 Å². The molecule has 12 nitrogen and oxygen atoms in total. The molecule has 3 aliphatic heterocycles. The molecule has 0 bridgehead atoms. The summed E-state index contributed by atoms with van der Waals surface area (Å²) < 4.78 is 14.7. The number of hydrogen-bond donors (Lipinski definition) is 1. The maximum atomic E-state index is 13.8. The number of para-hydroxylation sites is 1. The number of piperidine rings is 3. The summed E-state index contributed by atoms with van der Waals surface area (Å²) in [5.41, 5.74) is 2.93. The van der Waals surface area contributed by atoms with Gasteiger partial charge in [0.25, 0.3) is 5.91 Å². The highest BCUT2D eigenvalue weighted by Crippen LogP contribution is 2.33. The zero-order valence-electron chi connectivity index (χ0n) is 25.9. The minimum atomic E-state index is -0.850. The number of imide groups is 1. The molecule has 4 heterocycles. The van der Waals surface area contributed by atoms with Gasteiger partial charge in [-0.05, 0) is 67.9 Å². The van der Waals surface area contributed by atoms with Crippen molar-refractivity contribution in [2.45, 2.75) is 57.2 Å². The summed E-state index contributed by atoms with van der Waals surface area (Å²) in [6.45, 7) is 3.46. The summed E-state index contributed by atoms with van der Waals surface area (Å²) >= 11 is 0. The summed E-state index contributed by atoms with van der Waals surface area (Å²) in [7, 11) is 3.32. The second-order valence-electron chi connectivity index (χ2n) is 12.3. The third-order valence-corrected chi connectivity index (χ3v) is 9.61. The molecule has 3 amide bonds. The number of nitrogens with zero attached hydrogens (tertiary/aromatic N) is 5. The molecular formula is C33H41N5O7. The lowest BCUT2D eigenvalue weighted by molar-refractivity contribution is -0.151. The van der Waals surface area contributed by atoms with Crippen LogP contribution in [-0.4, -0.2) is 87.9 Å². The van der Waals surface area contributed by atoms with E-state index in [4.69, 9.17) is 9.47 Å². The predicted octanol–water partition coefficient (Wildman–Crippen LogP) is 3.61. The van der Waals surface area contributed by atoms with E-state index >= 15 is 0 Å². The molecule has 12 heteroatoms. The van der Waals surface area contributed by atoms with Gasteiger partial charge in [0, 0.05) is 46.3 Å². The summed E-state index contributed by atoms with van der Waals surface area (Å²) in [5.74, 6) is 0.468. The van der Waals surface area contributed by atoms with E-state index in [0.717, 1.165) is 55.5 Å². The summed E-state index contributed by atoms with van der Waals surface area (Å²) in [4.78, 5) is 56.5. The van der Waals surface area contributed by atoms with Gasteiger partial charge in [-0.1, -0.05) is 18.2 Å². The summed E-state index contributed by atoms with van der Waals surface area (Å²) in [6.07, 6.45) is 3.10. The van der Waals surface area contributed by atoms with Crippen LogP contribution >= 0.6 is 0 Å². The molecule has 240 valence electrons. The number of fused-ring (bicyclic) bond motifs is 1. The first-order valence-electron chi connectivity index (χ1n) is 15.8. The molecular weight excluding hydrogens is 578 g/mol. The Morgan fingerprint density at radius 2 is 1.64 bits per heavy atom. The first kappa shape index (κ1) is 30.7. The van der Waals surface area contributed by atoms with Crippen molar-refractivity contribution in [2.24, 2.45) is 13.0 Å². The topological polar surface area (TPSA) is 127 Å². The van der Waals surface area contributed by atoms with Gasteiger partial charge < -0.3 is 24.4 Å². The molecule has 1 aromatic heterocycles. The lowest BCUT2D eigenvalue weighted by atomic mass is 9.98. The van der Waals surface area contributed by atoms with Crippen LogP contribution < -0.4 is 15.3 Å². The molecule has 0 spiro atoms. The van der Waals surface area contributed by atoms with Crippen LogP contribution in [0.15, 0.2) is 47.3 Å². The van der Waals surface area contributed by atoms with Crippen molar-refractivity contribution in [3.63, 3.8) is 0 Å². The number of ether oxygens (including phenoxy) is 2. The number of hydrogen-bond acceptors (Lipinski definition) is 7. The highest BCUT2D eigenvalue weighted by Gasteiger charge is 2.38. The largest absolute Gasteiger partial charge is 0.497 e. The van der Waals surface area contributed by atoms with Crippen LogP contribution in [0, 0.1) is 5.92 Å². The number of rotatable bonds is 8. The highest BCUT2D eigenvalue weighted by atomic mass is 16.5. The molecule has 3 aliphatic rings. The van der Waals surface area contributed by atoms with Crippen molar-refractivity contribution in [1.82, 2.24) is 18.9 Å². The van der Waals surface area contributed by atoms with Gasteiger partial charge in [0.1, 0.15) is 11.8 Å². The van der Waals surface area contributed by atoms with Crippen LogP contribution in [0.2, 0.25) is 0 Å². The average molecular weight is 620 g/mol. The molecule has 1 unspecified atom stereocenters. The normalized spacial score (nSPS) is 20.3. The number of imidazole rings is 1. The van der Waals surface area contributed by atoms with Crippen LogP contribution in [0.5, 0.6) is 5.75 Å². The summed E-state index contributed by atoms with van der Waals surface area (Å²) in [5, 5.41) is 9.18. The highest BCUT2D eigenvalue weighted by molar-refractivity contribution is 6.00. The Labute approximate surface area is 261 Å². The van der Waals surface area contributed by atoms with E-state index in [1.807, 2.05) is 30.3 Å². The van der Waals surface area contributed by atoms with Gasteiger partial charge in [0.15, 0.2) is 0 Å². The van der Waals surface area contributed by atoms with E-state index in [9.17, 15) is 24.3 Å². The molecule has 6 rings (SSSR count). The van der Waals surface area contributed by atoms with Gasteiger partial charge in [-0.2, -0.15) is 0 Å². The van der Waals surface area contributed by atoms with Gasteiger partial charge in [-0.3, -0.25) is 23.6 Å². The SMILES string of the molecule is COc1ccc(CN2C(=O)CCC(n3c(=O)n(C)c4c(N5CCC(OCC6CCN(C(=O)O)CC6)CC5)cccc43)C2=O)cc1. The van der Waals surface area contributed by atoms with Crippen molar-refractivity contribution in [3.8, 4) is 5.75 Å². The third kappa shape index (κ3) is 6.15. The molecule has 1 atom stereocenters. The Kier molecular flexibility index (Phi) is 8.84. The smallest absolute Gasteiger partial charge is 0.407 e. The van der Waals surface area contributed by atoms with Crippen LogP contribution in [0.3, 0.4) is 0 Å². The van der Waals surface area contributed by atoms with E-state index in [2.05, 4.69) is 4.90 Å². The fraction of sp³-hybridized carbons (Fsp3) is 0.515. The Balaban J connectivity index is 1.15. The van der Waals surface area contributed by atoms with Crippen molar-refractivity contribution >= 4 is 34.6 Å². The Morgan fingerprint density at radius 1 is 0.933 bits per heavy atom. The number of likely N-dealkylation sites (tertiary alicyclic amines) is 2. The molecule has 45 heavy (non-hydrogen) atoms. The summed E-state index contributed by atoms with van der Waals surface area (Å²) in [6, 6.07) is 12.3. The molecule has 0 aliphatic carbocycles. The number of methoxy groups -OCH3 is 1. The quantitative estimate of drug-likeness (QED) is 0.379. The van der Waals surface area contributed by atoms with E-state index in [1.165, 1.54) is 9.80 Å². The standard InChI is InChI=1S/C33H41N5O7/c1-34-30-26(35-18-14-25(15-19-35)45-21-23-12-16-36(17-13-23)33(42)43)4-3-5-27(30)38(32(34)41)28-10-11-29(39)37(31(28)40)20-22-6-8-24(44-2)9-7-22/h3-9,23,25,28H,10-21H2,1-2H3,(H,42,43). The van der Waals surface area contributed by atoms with Gasteiger partial charge in [0.2, 0.25) is 5.91 Å². The van der Waals surface area contributed by atoms with Crippen molar-refractivity contribution in [1.29, 1.82) is 0 Å². The maximum Gasteiger partial charge on any atom is 0.407 e. The number of benzene rings is 2. The van der Waals surface area contributed by atoms with E-state index in [-0.39, 0.29) is 43.0 Å². The van der Waals surface area contributed by atoms with E-state index < -0.39 is 12.1 Å². The van der Waals surface area contributed by atoms with Crippen LogP contribution in [0.4, 0.5) is 10.5 Å². The zero-order valence-corrected chi connectivity index (χ0v) is 25.9. The Hall–Kier alpha value is -4.32. The number of carboxylic acid groups (broad SMARTS) is 1. The average Bonchev–Trinajstić information content (AvgIpc) is 3.32. The predicted molar refractivity (Wildman–Crippen MR) is 168 cm³/mol. The number of anilines is 1. The monoisotopic (exact) mass is 619 g/mol. The molecule has 0 saturated carbocycles. The lowest BCUT2D eigenvalue weighted by Crippen LogP contribution is -2.47. The fourth-order valence-electron chi connectivity index (χ4n) is 6.94. The molecule has 3 aromatic rings. The lowest BCUT2D eigenvalue weighted by Gasteiger charge is -2.35. The van der Waals surface area contributed by atoms with Gasteiger partial charge in [-0.15, -0.1) is 0 Å². The molecule has 0 radical (unpaired) electrons. The molecule has 3 fully saturated rings. The second-order valence-corrected chi connectivity index (χ2v) is 12.3. The fourth-order valence-corrected chi connectivity index (χ4v) is 6.94. The molecule has 2 aromatic carbocycles. The first-order valence-corrected chi connectivity index (χ1v) is 15.8. The number of amides is 3. The zero-order chi connectivity index (χ0) is 31.7. The second kappa shape index (κ2) is 13.0. The Bertz CT molecular complexity index is 1610. The van der Waals surface area contributed by atoms with Crippen LogP contribution in [0.25, 0.3) is 11.0 Å². The van der Waals surface area contributed by atoms with Crippen LogP contribution in [-0.2, 0) is 27.9 Å². The van der Waals surface area contributed by atoms with Gasteiger partial charge in [-0.25, -0.2) is 9.59 Å². The number of aryl methyl sites for hydroxylation is 1.